The molecule has 0 aliphatic rings. The Balaban J connectivity index is 2.01. The van der Waals surface area contributed by atoms with Crippen LogP contribution in [0.25, 0.3) is 0 Å². The van der Waals surface area contributed by atoms with Crippen LogP contribution in [0.3, 0.4) is 0 Å². The van der Waals surface area contributed by atoms with Crippen molar-refractivity contribution in [3.63, 3.8) is 0 Å². The predicted octanol–water partition coefficient (Wildman–Crippen LogP) is 3.92. The summed E-state index contributed by atoms with van der Waals surface area (Å²) in [5.41, 5.74) is 2.43. The van der Waals surface area contributed by atoms with Gasteiger partial charge in [-0.25, -0.2) is 4.99 Å². The largest absolute Gasteiger partial charge is 0.377 e. The van der Waals surface area contributed by atoms with Gasteiger partial charge in [0, 0.05) is 31.6 Å². The second kappa shape index (κ2) is 10.9. The maximum Gasteiger partial charge on any atom is 0.193 e. The molecule has 2 aromatic rings. The van der Waals surface area contributed by atoms with Crippen molar-refractivity contribution in [3.8, 4) is 0 Å². The highest BCUT2D eigenvalue weighted by Crippen LogP contribution is 2.12. The van der Waals surface area contributed by atoms with E-state index in [1.165, 1.54) is 16.0 Å². The Morgan fingerprint density at radius 3 is 2.64 bits per heavy atom. The van der Waals surface area contributed by atoms with Gasteiger partial charge < -0.3 is 15.0 Å². The van der Waals surface area contributed by atoms with Gasteiger partial charge in [0.15, 0.2) is 5.96 Å². The number of guanidine groups is 1. The summed E-state index contributed by atoms with van der Waals surface area (Å²) >= 11 is 1.81. The molecule has 0 saturated carbocycles. The van der Waals surface area contributed by atoms with Gasteiger partial charge in [-0.1, -0.05) is 30.3 Å². The number of ether oxygens (including phenoxy) is 1. The lowest BCUT2D eigenvalue weighted by Gasteiger charge is -2.22. The zero-order valence-corrected chi connectivity index (χ0v) is 16.3. The van der Waals surface area contributed by atoms with Crippen LogP contribution in [0.4, 0.5) is 0 Å². The molecule has 25 heavy (non-hydrogen) atoms. The van der Waals surface area contributed by atoms with Crippen molar-refractivity contribution in [1.29, 1.82) is 0 Å². The molecule has 0 bridgehead atoms. The van der Waals surface area contributed by atoms with Gasteiger partial charge in [0.05, 0.1) is 13.2 Å². The predicted molar refractivity (Wildman–Crippen MR) is 107 cm³/mol. The highest BCUT2D eigenvalue weighted by atomic mass is 32.1. The summed E-state index contributed by atoms with van der Waals surface area (Å²) < 4.78 is 5.57. The molecule has 0 aliphatic heterocycles. The summed E-state index contributed by atoms with van der Waals surface area (Å²) in [6, 6.07) is 12.7. The smallest absolute Gasteiger partial charge is 0.193 e. The van der Waals surface area contributed by atoms with E-state index in [4.69, 9.17) is 9.73 Å². The fourth-order valence-corrected chi connectivity index (χ4v) is 3.23. The summed E-state index contributed by atoms with van der Waals surface area (Å²) in [6.45, 7) is 7.97. The lowest BCUT2D eigenvalue weighted by molar-refractivity contribution is 0.133. The minimum absolute atomic E-state index is 0.646. The van der Waals surface area contributed by atoms with E-state index in [9.17, 15) is 0 Å². The minimum atomic E-state index is 0.646. The third kappa shape index (κ3) is 6.52. The standard InChI is InChI=1S/C20H29N3OS/c1-4-21-20(23(3)13-12-19-11-8-14-25-19)22-15-17-9-6-7-10-18(17)16-24-5-2/h6-11,14H,4-5,12-13,15-16H2,1-3H3,(H,21,22). The molecule has 1 N–H and O–H groups in total. The summed E-state index contributed by atoms with van der Waals surface area (Å²) in [5.74, 6) is 0.949. The Labute approximate surface area is 155 Å². The Kier molecular flexibility index (Phi) is 8.49. The van der Waals surface area contributed by atoms with Crippen molar-refractivity contribution in [2.24, 2.45) is 4.99 Å². The van der Waals surface area contributed by atoms with Gasteiger partial charge in [0.1, 0.15) is 0 Å². The number of hydrogen-bond donors (Lipinski definition) is 1. The maximum atomic E-state index is 5.57. The second-order valence-corrected chi connectivity index (χ2v) is 6.86. The number of thiophene rings is 1. The Morgan fingerprint density at radius 2 is 1.96 bits per heavy atom. The highest BCUT2D eigenvalue weighted by Gasteiger charge is 2.07. The Morgan fingerprint density at radius 1 is 1.16 bits per heavy atom. The van der Waals surface area contributed by atoms with Crippen LogP contribution in [0, 0.1) is 0 Å². The van der Waals surface area contributed by atoms with Gasteiger partial charge in [-0.05, 0) is 42.8 Å². The topological polar surface area (TPSA) is 36.9 Å². The first-order chi connectivity index (χ1) is 12.2. The third-order valence-electron chi connectivity index (χ3n) is 3.95. The quantitative estimate of drug-likeness (QED) is 0.544. The van der Waals surface area contributed by atoms with Crippen LogP contribution in [0.5, 0.6) is 0 Å². The van der Waals surface area contributed by atoms with E-state index in [0.29, 0.717) is 13.2 Å². The second-order valence-electron chi connectivity index (χ2n) is 5.83. The number of rotatable bonds is 9. The summed E-state index contributed by atoms with van der Waals surface area (Å²) in [6.07, 6.45) is 1.04. The fraction of sp³-hybridized carbons (Fsp3) is 0.450. The monoisotopic (exact) mass is 359 g/mol. The number of benzene rings is 1. The van der Waals surface area contributed by atoms with Crippen LogP contribution < -0.4 is 5.32 Å². The first-order valence-electron chi connectivity index (χ1n) is 8.91. The van der Waals surface area contributed by atoms with Crippen LogP contribution in [0.2, 0.25) is 0 Å². The van der Waals surface area contributed by atoms with Crippen LogP contribution in [-0.2, 0) is 24.3 Å². The highest BCUT2D eigenvalue weighted by molar-refractivity contribution is 7.09. The van der Waals surface area contributed by atoms with E-state index in [2.05, 4.69) is 66.0 Å². The molecule has 0 radical (unpaired) electrons. The molecular weight excluding hydrogens is 330 g/mol. The van der Waals surface area contributed by atoms with Gasteiger partial charge in [-0.15, -0.1) is 11.3 Å². The summed E-state index contributed by atoms with van der Waals surface area (Å²) in [7, 11) is 2.10. The van der Waals surface area contributed by atoms with Crippen LogP contribution in [0.15, 0.2) is 46.8 Å². The summed E-state index contributed by atoms with van der Waals surface area (Å²) in [5, 5.41) is 5.52. The zero-order chi connectivity index (χ0) is 17.9. The molecule has 4 nitrogen and oxygen atoms in total. The molecule has 0 aliphatic carbocycles. The minimum Gasteiger partial charge on any atom is -0.377 e. The molecule has 5 heteroatoms. The van der Waals surface area contributed by atoms with Gasteiger partial charge in [-0.2, -0.15) is 0 Å². The van der Waals surface area contributed by atoms with Crippen molar-refractivity contribution < 1.29 is 4.74 Å². The summed E-state index contributed by atoms with van der Waals surface area (Å²) in [4.78, 5) is 8.44. The van der Waals surface area contributed by atoms with Gasteiger partial charge >= 0.3 is 0 Å². The molecule has 0 saturated heterocycles. The molecule has 1 heterocycles. The number of nitrogens with zero attached hydrogens (tertiary/aromatic N) is 2. The fourth-order valence-electron chi connectivity index (χ4n) is 2.53. The first kappa shape index (κ1) is 19.5. The molecule has 0 atom stereocenters. The average Bonchev–Trinajstić information content (AvgIpc) is 3.15. The number of nitrogens with one attached hydrogen (secondary N) is 1. The number of aliphatic imine (C=N–C) groups is 1. The van der Waals surface area contributed by atoms with Crippen molar-refractivity contribution in [1.82, 2.24) is 10.2 Å². The molecular formula is C20H29N3OS. The molecule has 136 valence electrons. The van der Waals surface area contributed by atoms with Crippen LogP contribution in [-0.4, -0.2) is 37.6 Å². The zero-order valence-electron chi connectivity index (χ0n) is 15.5. The van der Waals surface area contributed by atoms with E-state index < -0.39 is 0 Å². The molecule has 0 spiro atoms. The van der Waals surface area contributed by atoms with Crippen molar-refractivity contribution in [3.05, 3.63) is 57.8 Å². The van der Waals surface area contributed by atoms with Crippen molar-refractivity contribution >= 4 is 17.3 Å². The molecule has 1 aromatic carbocycles. The molecule has 0 fully saturated rings. The van der Waals surface area contributed by atoms with Gasteiger partial charge in [0.25, 0.3) is 0 Å². The van der Waals surface area contributed by atoms with Gasteiger partial charge in [-0.3, -0.25) is 0 Å². The lowest BCUT2D eigenvalue weighted by Crippen LogP contribution is -2.39. The van der Waals surface area contributed by atoms with Gasteiger partial charge in [0.2, 0.25) is 0 Å². The van der Waals surface area contributed by atoms with Crippen molar-refractivity contribution in [2.75, 3.05) is 26.7 Å². The van der Waals surface area contributed by atoms with E-state index in [1.807, 2.05) is 18.3 Å². The van der Waals surface area contributed by atoms with Crippen LogP contribution in [0.1, 0.15) is 29.9 Å². The normalized spacial score (nSPS) is 11.6. The average molecular weight is 360 g/mol. The lowest BCUT2D eigenvalue weighted by atomic mass is 10.1. The van der Waals surface area contributed by atoms with Crippen LogP contribution >= 0.6 is 11.3 Å². The van der Waals surface area contributed by atoms with E-state index in [-0.39, 0.29) is 0 Å². The molecule has 0 amide bonds. The SMILES string of the molecule is CCNC(=NCc1ccccc1COCC)N(C)CCc1cccs1. The number of hydrogen-bond acceptors (Lipinski definition) is 3. The van der Waals surface area contributed by atoms with Crippen molar-refractivity contribution in [2.45, 2.75) is 33.4 Å². The van der Waals surface area contributed by atoms with E-state index >= 15 is 0 Å². The Bertz CT molecular complexity index is 640. The van der Waals surface area contributed by atoms with E-state index in [1.54, 1.807) is 0 Å². The number of likely N-dealkylation sites (N-methyl/N-ethyl adjacent to an activating group) is 1. The molecule has 2 rings (SSSR count). The maximum absolute atomic E-state index is 5.57. The van der Waals surface area contributed by atoms with E-state index in [0.717, 1.165) is 32.1 Å². The molecule has 0 unspecified atom stereocenters. The molecule has 1 aromatic heterocycles. The Hall–Kier alpha value is -1.85. The third-order valence-corrected chi connectivity index (χ3v) is 4.89. The first-order valence-corrected chi connectivity index (χ1v) is 9.78.